The van der Waals surface area contributed by atoms with Crippen LogP contribution < -0.4 is 5.43 Å². The number of hydrogen-bond donors (Lipinski definition) is 0. The molecule has 1 amide bonds. The number of carbonyl (C=O) groups excluding carboxylic acids is 1. The smallest absolute Gasteiger partial charge is 0.290 e. The predicted octanol–water partition coefficient (Wildman–Crippen LogP) is 5.59. The molecule has 5 heteroatoms. The zero-order chi connectivity index (χ0) is 24.8. The minimum atomic E-state index is -0.450. The van der Waals surface area contributed by atoms with Gasteiger partial charge in [-0.25, -0.2) is 0 Å². The van der Waals surface area contributed by atoms with Crippen LogP contribution in [-0.4, -0.2) is 41.9 Å². The quantitative estimate of drug-likeness (QED) is 0.481. The molecule has 1 aliphatic rings. The van der Waals surface area contributed by atoms with E-state index in [2.05, 4.69) is 63.8 Å². The van der Waals surface area contributed by atoms with Gasteiger partial charge in [-0.1, -0.05) is 58.9 Å². The molecule has 1 unspecified atom stereocenters. The summed E-state index contributed by atoms with van der Waals surface area (Å²) in [5.74, 6) is -0.0190. The van der Waals surface area contributed by atoms with Gasteiger partial charge in [-0.2, -0.15) is 0 Å². The molecule has 0 fully saturated rings. The van der Waals surface area contributed by atoms with E-state index in [0.717, 1.165) is 36.3 Å². The normalized spacial score (nSPS) is 16.1. The summed E-state index contributed by atoms with van der Waals surface area (Å²) in [5, 5.41) is 0.538. The molecule has 4 rings (SSSR count). The van der Waals surface area contributed by atoms with Crippen LogP contribution in [0.3, 0.4) is 0 Å². The molecule has 0 saturated carbocycles. The zero-order valence-corrected chi connectivity index (χ0v) is 21.5. The van der Waals surface area contributed by atoms with Crippen LogP contribution in [0.4, 0.5) is 0 Å². The van der Waals surface area contributed by atoms with Gasteiger partial charge in [0.15, 0.2) is 5.43 Å². The summed E-state index contributed by atoms with van der Waals surface area (Å²) in [4.78, 5) is 31.5. The van der Waals surface area contributed by atoms with E-state index in [0.29, 0.717) is 23.1 Å². The Morgan fingerprint density at radius 3 is 2.18 bits per heavy atom. The minimum Gasteiger partial charge on any atom is -0.450 e. The highest BCUT2D eigenvalue weighted by Crippen LogP contribution is 2.39. The van der Waals surface area contributed by atoms with Crippen molar-refractivity contribution in [2.75, 3.05) is 26.2 Å². The van der Waals surface area contributed by atoms with Crippen molar-refractivity contribution in [3.63, 3.8) is 0 Å². The highest BCUT2D eigenvalue weighted by atomic mass is 16.3. The van der Waals surface area contributed by atoms with Gasteiger partial charge in [0.2, 0.25) is 5.76 Å². The predicted molar refractivity (Wildman–Crippen MR) is 138 cm³/mol. The molecule has 0 bridgehead atoms. The number of fused-ring (bicyclic) bond motifs is 2. The third-order valence-corrected chi connectivity index (χ3v) is 7.23. The number of aryl methyl sites for hydroxylation is 2. The second kappa shape index (κ2) is 9.03. The van der Waals surface area contributed by atoms with Gasteiger partial charge in [0.25, 0.3) is 5.91 Å². The van der Waals surface area contributed by atoms with Crippen LogP contribution in [0.15, 0.2) is 45.6 Å². The maximum absolute atomic E-state index is 13.8. The Morgan fingerprint density at radius 2 is 1.59 bits per heavy atom. The van der Waals surface area contributed by atoms with E-state index in [1.807, 2.05) is 30.9 Å². The molecule has 1 aromatic heterocycles. The monoisotopic (exact) mass is 460 g/mol. The van der Waals surface area contributed by atoms with Gasteiger partial charge in [-0.15, -0.1) is 0 Å². The Balaban J connectivity index is 1.88. The lowest BCUT2D eigenvalue weighted by Crippen LogP contribution is -2.37. The molecule has 3 aromatic rings. The molecule has 0 N–H and O–H groups in total. The molecule has 0 saturated heterocycles. The molecule has 0 spiro atoms. The Morgan fingerprint density at radius 1 is 0.971 bits per heavy atom. The van der Waals surface area contributed by atoms with Crippen LogP contribution in [-0.2, 0) is 5.41 Å². The SMILES string of the molecule is CCN(CC)CCN1C(=O)c2oc3cc(C)c(C)cc3c(=O)c2C1c1ccc(C(C)(C)C)cc1. The zero-order valence-electron chi connectivity index (χ0n) is 21.5. The van der Waals surface area contributed by atoms with E-state index in [1.165, 1.54) is 5.56 Å². The van der Waals surface area contributed by atoms with E-state index < -0.39 is 6.04 Å². The third-order valence-electron chi connectivity index (χ3n) is 7.23. The maximum Gasteiger partial charge on any atom is 0.290 e. The molecule has 2 aromatic carbocycles. The average molecular weight is 461 g/mol. The third kappa shape index (κ3) is 4.18. The Hall–Kier alpha value is -2.92. The van der Waals surface area contributed by atoms with Gasteiger partial charge in [0, 0.05) is 13.1 Å². The summed E-state index contributed by atoms with van der Waals surface area (Å²) in [7, 11) is 0. The first-order valence-electron chi connectivity index (χ1n) is 12.3. The van der Waals surface area contributed by atoms with Crippen LogP contribution in [0, 0.1) is 13.8 Å². The number of hydrogen-bond acceptors (Lipinski definition) is 4. The number of rotatable bonds is 6. The van der Waals surface area contributed by atoms with E-state index in [4.69, 9.17) is 4.42 Å². The first kappa shape index (κ1) is 24.2. The topological polar surface area (TPSA) is 53.8 Å². The first-order chi connectivity index (χ1) is 16.1. The minimum absolute atomic E-state index is 0.0228. The van der Waals surface area contributed by atoms with Crippen molar-refractivity contribution >= 4 is 16.9 Å². The molecule has 5 nitrogen and oxygen atoms in total. The lowest BCUT2D eigenvalue weighted by atomic mass is 9.86. The highest BCUT2D eigenvalue weighted by molar-refractivity contribution is 5.99. The van der Waals surface area contributed by atoms with Crippen LogP contribution in [0.25, 0.3) is 11.0 Å². The summed E-state index contributed by atoms with van der Waals surface area (Å²) < 4.78 is 6.15. The summed E-state index contributed by atoms with van der Waals surface area (Å²) in [6, 6.07) is 11.6. The van der Waals surface area contributed by atoms with E-state index in [9.17, 15) is 9.59 Å². The Labute approximate surface area is 202 Å². The molecule has 2 heterocycles. The fraction of sp³-hybridized carbons (Fsp3) is 0.448. The molecule has 0 aliphatic carbocycles. The van der Waals surface area contributed by atoms with Crippen LogP contribution in [0.1, 0.15) is 79.0 Å². The Bertz CT molecular complexity index is 1280. The van der Waals surface area contributed by atoms with Crippen LogP contribution in [0.5, 0.6) is 0 Å². The molecular weight excluding hydrogens is 424 g/mol. The van der Waals surface area contributed by atoms with Crippen LogP contribution >= 0.6 is 0 Å². The molecule has 0 radical (unpaired) electrons. The van der Waals surface area contributed by atoms with Gasteiger partial charge >= 0.3 is 0 Å². The summed E-state index contributed by atoms with van der Waals surface area (Å²) in [6.07, 6.45) is 0. The lowest BCUT2D eigenvalue weighted by molar-refractivity contribution is 0.0708. The van der Waals surface area contributed by atoms with Gasteiger partial charge in [-0.05, 0) is 66.7 Å². The highest BCUT2D eigenvalue weighted by Gasteiger charge is 2.42. The number of nitrogens with zero attached hydrogens (tertiary/aromatic N) is 2. The maximum atomic E-state index is 13.8. The number of amides is 1. The van der Waals surface area contributed by atoms with Crippen molar-refractivity contribution in [3.05, 3.63) is 80.2 Å². The van der Waals surface area contributed by atoms with Gasteiger partial charge in [0.1, 0.15) is 5.58 Å². The fourth-order valence-electron chi connectivity index (χ4n) is 4.81. The van der Waals surface area contributed by atoms with Crippen molar-refractivity contribution in [2.45, 2.75) is 59.9 Å². The fourth-order valence-corrected chi connectivity index (χ4v) is 4.81. The van der Waals surface area contributed by atoms with E-state index in [1.54, 1.807) is 0 Å². The lowest BCUT2D eigenvalue weighted by Gasteiger charge is -2.28. The number of likely N-dealkylation sites (N-methyl/N-ethyl adjacent to an activating group) is 1. The molecular formula is C29H36N2O3. The van der Waals surface area contributed by atoms with Gasteiger partial charge < -0.3 is 14.2 Å². The van der Waals surface area contributed by atoms with Crippen LogP contribution in [0.2, 0.25) is 0 Å². The standard InChI is InChI=1S/C29H36N2O3/c1-8-30(9-2)14-15-31-25(20-10-12-21(13-11-20)29(5,6)7)24-26(32)22-16-18(3)19(4)17-23(22)34-27(24)28(31)33/h10-13,16-17,25H,8-9,14-15H2,1-7H3. The van der Waals surface area contributed by atoms with E-state index in [-0.39, 0.29) is 22.5 Å². The second-order valence-corrected chi connectivity index (χ2v) is 10.4. The molecule has 180 valence electrons. The van der Waals surface area contributed by atoms with Crippen molar-refractivity contribution in [1.82, 2.24) is 9.80 Å². The van der Waals surface area contributed by atoms with Gasteiger partial charge in [-0.3, -0.25) is 9.59 Å². The average Bonchev–Trinajstić information content (AvgIpc) is 3.07. The van der Waals surface area contributed by atoms with Crippen molar-refractivity contribution < 1.29 is 9.21 Å². The number of carbonyl (C=O) groups is 1. The largest absolute Gasteiger partial charge is 0.450 e. The molecule has 1 aliphatic heterocycles. The Kier molecular flexibility index (Phi) is 6.43. The molecule has 34 heavy (non-hydrogen) atoms. The molecule has 1 atom stereocenters. The summed E-state index contributed by atoms with van der Waals surface area (Å²) >= 11 is 0. The van der Waals surface area contributed by atoms with E-state index >= 15 is 0 Å². The van der Waals surface area contributed by atoms with Crippen molar-refractivity contribution in [1.29, 1.82) is 0 Å². The first-order valence-corrected chi connectivity index (χ1v) is 12.3. The number of benzene rings is 2. The second-order valence-electron chi connectivity index (χ2n) is 10.4. The van der Waals surface area contributed by atoms with Gasteiger partial charge in [0.05, 0.1) is 17.0 Å². The summed E-state index contributed by atoms with van der Waals surface area (Å²) in [5.41, 5.74) is 5.08. The van der Waals surface area contributed by atoms with Crippen molar-refractivity contribution in [3.8, 4) is 0 Å². The summed E-state index contributed by atoms with van der Waals surface area (Å²) in [6.45, 7) is 17.9. The van der Waals surface area contributed by atoms with Crippen molar-refractivity contribution in [2.24, 2.45) is 0 Å².